The number of amides is 2. The Hall–Kier alpha value is -2.53. The number of nitrogens with one attached hydrogen (secondary N) is 1. The lowest BCUT2D eigenvalue weighted by Gasteiger charge is -2.28. The minimum atomic E-state index is -0.617. The van der Waals surface area contributed by atoms with Crippen molar-refractivity contribution in [2.45, 2.75) is 33.4 Å². The molecule has 0 heterocycles. The summed E-state index contributed by atoms with van der Waals surface area (Å²) in [7, 11) is 0. The summed E-state index contributed by atoms with van der Waals surface area (Å²) in [5.74, 6) is 0.200. The van der Waals surface area contributed by atoms with Crippen LogP contribution < -0.4 is 10.1 Å². The van der Waals surface area contributed by atoms with Crippen molar-refractivity contribution < 1.29 is 14.3 Å². The molecule has 2 aromatic rings. The van der Waals surface area contributed by atoms with Gasteiger partial charge in [-0.3, -0.25) is 9.59 Å². The van der Waals surface area contributed by atoms with E-state index in [1.807, 2.05) is 50.2 Å². The lowest BCUT2D eigenvalue weighted by Crippen LogP contribution is -2.49. The Morgan fingerprint density at radius 3 is 2.44 bits per heavy atom. The van der Waals surface area contributed by atoms with E-state index in [-0.39, 0.29) is 18.4 Å². The number of nitrogens with zero attached hydrogens (tertiary/aromatic N) is 1. The molecule has 0 saturated carbocycles. The second-order valence-corrected chi connectivity index (χ2v) is 6.71. The van der Waals surface area contributed by atoms with Crippen molar-refractivity contribution in [3.05, 3.63) is 64.7 Å². The van der Waals surface area contributed by atoms with E-state index in [9.17, 15) is 9.59 Å². The molecule has 1 N–H and O–H groups in total. The third kappa shape index (κ3) is 6.00. The maximum atomic E-state index is 12.8. The molecule has 0 aliphatic rings. The highest BCUT2D eigenvalue weighted by atomic mass is 35.5. The molecular formula is C21H25ClN2O3. The number of para-hydroxylation sites is 1. The van der Waals surface area contributed by atoms with Crippen molar-refractivity contribution in [1.29, 1.82) is 0 Å². The van der Waals surface area contributed by atoms with Crippen molar-refractivity contribution in [1.82, 2.24) is 10.2 Å². The fraction of sp³-hybridized carbons (Fsp3) is 0.333. The Morgan fingerprint density at radius 1 is 1.15 bits per heavy atom. The van der Waals surface area contributed by atoms with Crippen molar-refractivity contribution in [2.24, 2.45) is 0 Å². The van der Waals surface area contributed by atoms with Gasteiger partial charge in [-0.1, -0.05) is 41.9 Å². The molecule has 0 radical (unpaired) electrons. The molecule has 0 saturated heterocycles. The van der Waals surface area contributed by atoms with Crippen LogP contribution in [-0.2, 0) is 16.1 Å². The number of hydrogen-bond donors (Lipinski definition) is 1. The fourth-order valence-corrected chi connectivity index (χ4v) is 2.76. The van der Waals surface area contributed by atoms with Gasteiger partial charge in [-0.25, -0.2) is 0 Å². The van der Waals surface area contributed by atoms with E-state index < -0.39 is 6.04 Å². The van der Waals surface area contributed by atoms with Gasteiger partial charge in [-0.2, -0.15) is 0 Å². The van der Waals surface area contributed by atoms with Crippen molar-refractivity contribution in [3.63, 3.8) is 0 Å². The quantitative estimate of drug-likeness (QED) is 0.751. The predicted octanol–water partition coefficient (Wildman–Crippen LogP) is 3.58. The first-order valence-corrected chi connectivity index (χ1v) is 9.30. The number of halogens is 1. The van der Waals surface area contributed by atoms with Gasteiger partial charge in [0, 0.05) is 18.1 Å². The zero-order valence-corrected chi connectivity index (χ0v) is 16.6. The summed E-state index contributed by atoms with van der Waals surface area (Å²) in [5.41, 5.74) is 1.84. The summed E-state index contributed by atoms with van der Waals surface area (Å²) in [6.45, 7) is 6.14. The average molecular weight is 389 g/mol. The van der Waals surface area contributed by atoms with Crippen LogP contribution in [0, 0.1) is 6.92 Å². The topological polar surface area (TPSA) is 58.6 Å². The van der Waals surface area contributed by atoms with Crippen molar-refractivity contribution in [3.8, 4) is 5.75 Å². The zero-order chi connectivity index (χ0) is 19.8. The van der Waals surface area contributed by atoms with E-state index in [0.717, 1.165) is 11.1 Å². The SMILES string of the molecule is CCNC(=O)[C@H](C)N(Cc1ccc(Cl)cc1)C(=O)COc1ccccc1C. The number of hydrogen-bond acceptors (Lipinski definition) is 3. The Labute approximate surface area is 165 Å². The van der Waals surface area contributed by atoms with Crippen LogP contribution in [-0.4, -0.2) is 35.9 Å². The fourth-order valence-electron chi connectivity index (χ4n) is 2.63. The van der Waals surface area contributed by atoms with Gasteiger partial charge in [0.25, 0.3) is 5.91 Å². The van der Waals surface area contributed by atoms with Crippen LogP contribution in [0.25, 0.3) is 0 Å². The number of aryl methyl sites for hydroxylation is 1. The third-order valence-corrected chi connectivity index (χ3v) is 4.48. The van der Waals surface area contributed by atoms with Crippen LogP contribution in [0.1, 0.15) is 25.0 Å². The second-order valence-electron chi connectivity index (χ2n) is 6.27. The molecule has 6 heteroatoms. The number of rotatable bonds is 8. The van der Waals surface area contributed by atoms with Crippen molar-refractivity contribution >= 4 is 23.4 Å². The molecule has 2 amide bonds. The molecule has 0 aromatic heterocycles. The third-order valence-electron chi connectivity index (χ3n) is 4.23. The van der Waals surface area contributed by atoms with Crippen LogP contribution in [0.3, 0.4) is 0 Å². The number of likely N-dealkylation sites (N-methyl/N-ethyl adjacent to an activating group) is 1. The maximum Gasteiger partial charge on any atom is 0.261 e. The molecule has 2 aromatic carbocycles. The molecule has 27 heavy (non-hydrogen) atoms. The van der Waals surface area contributed by atoms with Gasteiger partial charge in [0.2, 0.25) is 5.91 Å². The van der Waals surface area contributed by atoms with Crippen LogP contribution >= 0.6 is 11.6 Å². The highest BCUT2D eigenvalue weighted by molar-refractivity contribution is 6.30. The molecule has 0 aliphatic heterocycles. The molecule has 2 rings (SSSR count). The number of ether oxygens (including phenoxy) is 1. The average Bonchev–Trinajstić information content (AvgIpc) is 2.66. The van der Waals surface area contributed by atoms with E-state index in [4.69, 9.17) is 16.3 Å². The minimum Gasteiger partial charge on any atom is -0.484 e. The summed E-state index contributed by atoms with van der Waals surface area (Å²) < 4.78 is 5.68. The Kier molecular flexibility index (Phi) is 7.67. The summed E-state index contributed by atoms with van der Waals surface area (Å²) in [4.78, 5) is 26.7. The van der Waals surface area contributed by atoms with Gasteiger partial charge >= 0.3 is 0 Å². The summed E-state index contributed by atoms with van der Waals surface area (Å²) in [6.07, 6.45) is 0. The molecular weight excluding hydrogens is 364 g/mol. The van der Waals surface area contributed by atoms with Crippen LogP contribution in [0.2, 0.25) is 5.02 Å². The van der Waals surface area contributed by atoms with Gasteiger partial charge < -0.3 is 15.0 Å². The van der Waals surface area contributed by atoms with Crippen LogP contribution in [0.4, 0.5) is 0 Å². The summed E-state index contributed by atoms with van der Waals surface area (Å²) >= 11 is 5.93. The van der Waals surface area contributed by atoms with Gasteiger partial charge in [0.1, 0.15) is 11.8 Å². The highest BCUT2D eigenvalue weighted by Gasteiger charge is 2.26. The monoisotopic (exact) mass is 388 g/mol. The largest absolute Gasteiger partial charge is 0.484 e. The maximum absolute atomic E-state index is 12.8. The molecule has 5 nitrogen and oxygen atoms in total. The first-order chi connectivity index (χ1) is 12.9. The standard InChI is InChI=1S/C21H25ClN2O3/c1-4-23-21(26)16(3)24(13-17-9-11-18(22)12-10-17)20(25)14-27-19-8-6-5-7-15(19)2/h5-12,16H,4,13-14H2,1-3H3,(H,23,26)/t16-/m0/s1. The predicted molar refractivity (Wildman–Crippen MR) is 107 cm³/mol. The number of benzene rings is 2. The first kappa shape index (κ1) is 20.8. The summed E-state index contributed by atoms with van der Waals surface area (Å²) in [5, 5.41) is 3.39. The minimum absolute atomic E-state index is 0.137. The smallest absolute Gasteiger partial charge is 0.261 e. The van der Waals surface area contributed by atoms with E-state index in [1.165, 1.54) is 4.90 Å². The highest BCUT2D eigenvalue weighted by Crippen LogP contribution is 2.17. The lowest BCUT2D eigenvalue weighted by atomic mass is 10.1. The molecule has 0 unspecified atom stereocenters. The van der Waals surface area contributed by atoms with Gasteiger partial charge in [-0.05, 0) is 50.1 Å². The number of carbonyl (C=O) groups is 2. The molecule has 144 valence electrons. The molecule has 1 atom stereocenters. The van der Waals surface area contributed by atoms with E-state index in [1.54, 1.807) is 19.1 Å². The Balaban J connectivity index is 2.14. The van der Waals surface area contributed by atoms with Gasteiger partial charge in [-0.15, -0.1) is 0 Å². The summed E-state index contributed by atoms with van der Waals surface area (Å²) in [6, 6.07) is 14.1. The van der Waals surface area contributed by atoms with E-state index in [2.05, 4.69) is 5.32 Å². The lowest BCUT2D eigenvalue weighted by molar-refractivity contribution is -0.142. The number of carbonyl (C=O) groups excluding carboxylic acids is 2. The molecule has 0 spiro atoms. The zero-order valence-electron chi connectivity index (χ0n) is 15.9. The van der Waals surface area contributed by atoms with Crippen molar-refractivity contribution in [2.75, 3.05) is 13.2 Å². The molecule has 0 aliphatic carbocycles. The Bertz CT molecular complexity index is 777. The van der Waals surface area contributed by atoms with E-state index in [0.29, 0.717) is 23.9 Å². The van der Waals surface area contributed by atoms with Crippen LogP contribution in [0.15, 0.2) is 48.5 Å². The second kappa shape index (κ2) is 9.97. The normalized spacial score (nSPS) is 11.6. The first-order valence-electron chi connectivity index (χ1n) is 8.92. The van der Waals surface area contributed by atoms with E-state index >= 15 is 0 Å². The van der Waals surface area contributed by atoms with Gasteiger partial charge in [0.05, 0.1) is 0 Å². The molecule has 0 fully saturated rings. The van der Waals surface area contributed by atoms with Gasteiger partial charge in [0.15, 0.2) is 6.61 Å². The van der Waals surface area contributed by atoms with Crippen LogP contribution in [0.5, 0.6) is 5.75 Å². The molecule has 0 bridgehead atoms. The Morgan fingerprint density at radius 2 is 1.81 bits per heavy atom.